The fraction of sp³-hybridized carbons (Fsp3) is 0.636. The molecule has 6 nitrogen and oxygen atoms in total. The third-order valence-corrected chi connectivity index (χ3v) is 3.03. The molecule has 1 aliphatic heterocycles. The molecule has 1 aromatic rings. The van der Waals surface area contributed by atoms with Crippen LogP contribution in [0.3, 0.4) is 0 Å². The molecular formula is C11H15FN2O4. The maximum atomic E-state index is 13.6. The number of alkyl halides is 1. The molecular weight excluding hydrogens is 243 g/mol. The molecule has 0 aromatic carbocycles. The predicted octanol–water partition coefficient (Wildman–Crippen LogP) is -0.149. The highest BCUT2D eigenvalue weighted by molar-refractivity contribution is 5.02. The molecule has 1 fully saturated rings. The fourth-order valence-electron chi connectivity index (χ4n) is 2.04. The number of halogens is 1. The Morgan fingerprint density at radius 2 is 2.28 bits per heavy atom. The van der Waals surface area contributed by atoms with Gasteiger partial charge in [-0.05, 0) is 13.8 Å². The number of aromatic nitrogens is 2. The average molecular weight is 258 g/mol. The molecule has 0 aliphatic carbocycles. The van der Waals surface area contributed by atoms with Crippen molar-refractivity contribution in [1.29, 1.82) is 0 Å². The van der Waals surface area contributed by atoms with Gasteiger partial charge in [0.1, 0.15) is 18.5 Å². The zero-order valence-electron chi connectivity index (χ0n) is 10.1. The first-order valence-corrected chi connectivity index (χ1v) is 5.70. The van der Waals surface area contributed by atoms with Gasteiger partial charge in [-0.1, -0.05) is 0 Å². The zero-order chi connectivity index (χ0) is 13.4. The molecule has 0 radical (unpaired) electrons. The van der Waals surface area contributed by atoms with E-state index in [1.165, 1.54) is 13.1 Å². The van der Waals surface area contributed by atoms with Crippen molar-refractivity contribution in [2.75, 3.05) is 0 Å². The molecule has 2 heterocycles. The lowest BCUT2D eigenvalue weighted by Gasteiger charge is -2.17. The van der Waals surface area contributed by atoms with Gasteiger partial charge in [-0.15, -0.1) is 0 Å². The van der Waals surface area contributed by atoms with E-state index in [9.17, 15) is 19.1 Å². The number of aromatic amines is 1. The van der Waals surface area contributed by atoms with Gasteiger partial charge in [-0.3, -0.25) is 14.3 Å². The van der Waals surface area contributed by atoms with Crippen LogP contribution < -0.4 is 11.2 Å². The van der Waals surface area contributed by atoms with Crippen molar-refractivity contribution < 1.29 is 14.2 Å². The molecule has 18 heavy (non-hydrogen) atoms. The van der Waals surface area contributed by atoms with E-state index in [4.69, 9.17) is 4.74 Å². The lowest BCUT2D eigenvalue weighted by Crippen LogP contribution is -2.34. The molecule has 7 heteroatoms. The van der Waals surface area contributed by atoms with Crippen LogP contribution in [0.15, 0.2) is 15.8 Å². The first-order valence-electron chi connectivity index (χ1n) is 5.70. The Labute approximate surface area is 102 Å². The van der Waals surface area contributed by atoms with E-state index in [0.29, 0.717) is 5.56 Å². The molecule has 1 unspecified atom stereocenters. The minimum Gasteiger partial charge on any atom is -0.391 e. The van der Waals surface area contributed by atoms with E-state index in [2.05, 4.69) is 4.98 Å². The van der Waals surface area contributed by atoms with Crippen LogP contribution in [-0.2, 0) is 4.74 Å². The molecule has 1 aliphatic rings. The summed E-state index contributed by atoms with van der Waals surface area (Å²) in [5.41, 5.74) is -0.777. The van der Waals surface area contributed by atoms with Crippen LogP contribution in [0.5, 0.6) is 0 Å². The number of aryl methyl sites for hydroxylation is 1. The van der Waals surface area contributed by atoms with Gasteiger partial charge in [0, 0.05) is 18.2 Å². The van der Waals surface area contributed by atoms with Gasteiger partial charge in [-0.2, -0.15) is 0 Å². The minimum atomic E-state index is -1.34. The van der Waals surface area contributed by atoms with E-state index < -0.39 is 35.9 Å². The number of nitrogens with zero attached hydrogens (tertiary/aromatic N) is 1. The van der Waals surface area contributed by atoms with Crippen LogP contribution >= 0.6 is 0 Å². The van der Waals surface area contributed by atoms with Gasteiger partial charge >= 0.3 is 5.69 Å². The molecule has 2 N–H and O–H groups in total. The maximum absolute atomic E-state index is 13.6. The van der Waals surface area contributed by atoms with Gasteiger partial charge in [0.15, 0.2) is 0 Å². The normalized spacial score (nSPS) is 29.4. The summed E-state index contributed by atoms with van der Waals surface area (Å²) < 4.78 is 20.1. The molecule has 2 rings (SSSR count). The molecule has 0 saturated carbocycles. The molecule has 0 amide bonds. The van der Waals surface area contributed by atoms with Crippen molar-refractivity contribution in [3.8, 4) is 0 Å². The quantitative estimate of drug-likeness (QED) is 0.772. The average Bonchev–Trinajstić information content (AvgIpc) is 2.65. The standard InChI is InChI=1S/C11H15FN2O4/c1-5-4-14(11(17)13-10(5)16)8-3-7(12)9(18-8)6(2)15/h4,6-9,15H,3H2,1-2H3,(H,13,16,17)/t6-,7+,8-,9?/m1/s1. The van der Waals surface area contributed by atoms with Crippen molar-refractivity contribution in [1.82, 2.24) is 9.55 Å². The third-order valence-electron chi connectivity index (χ3n) is 3.03. The Kier molecular flexibility index (Phi) is 3.36. The Bertz CT molecular complexity index is 551. The lowest BCUT2D eigenvalue weighted by atomic mass is 10.1. The summed E-state index contributed by atoms with van der Waals surface area (Å²) in [5, 5.41) is 9.35. The first-order chi connectivity index (χ1) is 8.40. The predicted molar refractivity (Wildman–Crippen MR) is 61.2 cm³/mol. The number of rotatable bonds is 2. The topological polar surface area (TPSA) is 84.3 Å². The number of nitrogens with one attached hydrogen (secondary N) is 1. The summed E-state index contributed by atoms with van der Waals surface area (Å²) in [5.74, 6) is 0. The van der Waals surface area contributed by atoms with E-state index in [0.717, 1.165) is 4.57 Å². The first kappa shape index (κ1) is 13.0. The summed E-state index contributed by atoms with van der Waals surface area (Å²) in [7, 11) is 0. The smallest absolute Gasteiger partial charge is 0.330 e. The van der Waals surface area contributed by atoms with Crippen LogP contribution in [0.1, 0.15) is 25.1 Å². The number of ether oxygens (including phenoxy) is 1. The Hall–Kier alpha value is -1.47. The van der Waals surface area contributed by atoms with Gasteiger partial charge in [0.25, 0.3) is 5.56 Å². The summed E-state index contributed by atoms with van der Waals surface area (Å²) in [6.45, 7) is 2.98. The number of hydrogen-bond acceptors (Lipinski definition) is 4. The summed E-state index contributed by atoms with van der Waals surface area (Å²) in [6.07, 6.45) is -2.74. The Morgan fingerprint density at radius 1 is 1.61 bits per heavy atom. The highest BCUT2D eigenvalue weighted by Gasteiger charge is 2.39. The van der Waals surface area contributed by atoms with Crippen LogP contribution in [0.2, 0.25) is 0 Å². The molecule has 1 aromatic heterocycles. The zero-order valence-corrected chi connectivity index (χ0v) is 10.1. The lowest BCUT2D eigenvalue weighted by molar-refractivity contribution is -0.0668. The van der Waals surface area contributed by atoms with Crippen molar-refractivity contribution in [3.05, 3.63) is 32.6 Å². The minimum absolute atomic E-state index is 0.0268. The maximum Gasteiger partial charge on any atom is 0.330 e. The van der Waals surface area contributed by atoms with Crippen molar-refractivity contribution in [2.24, 2.45) is 0 Å². The Morgan fingerprint density at radius 3 is 2.83 bits per heavy atom. The summed E-state index contributed by atoms with van der Waals surface area (Å²) >= 11 is 0. The van der Waals surface area contributed by atoms with Crippen LogP contribution in [0, 0.1) is 6.92 Å². The van der Waals surface area contributed by atoms with Gasteiger partial charge in [0.05, 0.1) is 6.10 Å². The van der Waals surface area contributed by atoms with Crippen LogP contribution in [0.4, 0.5) is 4.39 Å². The summed E-state index contributed by atoms with van der Waals surface area (Å²) in [4.78, 5) is 25.0. The van der Waals surface area contributed by atoms with Crippen molar-refractivity contribution in [3.63, 3.8) is 0 Å². The largest absolute Gasteiger partial charge is 0.391 e. The van der Waals surface area contributed by atoms with Crippen molar-refractivity contribution in [2.45, 2.75) is 44.9 Å². The van der Waals surface area contributed by atoms with Gasteiger partial charge in [-0.25, -0.2) is 9.18 Å². The van der Waals surface area contributed by atoms with Gasteiger partial charge in [0.2, 0.25) is 0 Å². The highest BCUT2D eigenvalue weighted by atomic mass is 19.1. The third kappa shape index (κ3) is 2.23. The second-order valence-corrected chi connectivity index (χ2v) is 4.53. The number of hydrogen-bond donors (Lipinski definition) is 2. The second kappa shape index (κ2) is 4.66. The van der Waals surface area contributed by atoms with Crippen LogP contribution in [-0.4, -0.2) is 33.0 Å². The highest BCUT2D eigenvalue weighted by Crippen LogP contribution is 2.31. The van der Waals surface area contributed by atoms with Gasteiger partial charge < -0.3 is 9.84 Å². The van der Waals surface area contributed by atoms with Crippen molar-refractivity contribution >= 4 is 0 Å². The fourth-order valence-corrected chi connectivity index (χ4v) is 2.04. The SMILES string of the molecule is Cc1cn([C@H]2C[C@H](F)C([C@@H](C)O)O2)c(=O)[nH]c1=O. The Balaban J connectivity index is 2.32. The van der Waals surface area contributed by atoms with E-state index in [-0.39, 0.29) is 6.42 Å². The second-order valence-electron chi connectivity index (χ2n) is 4.53. The number of H-pyrrole nitrogens is 1. The van der Waals surface area contributed by atoms with E-state index in [1.54, 1.807) is 6.92 Å². The number of aliphatic hydroxyl groups is 1. The number of aliphatic hydroxyl groups excluding tert-OH is 1. The monoisotopic (exact) mass is 258 g/mol. The molecule has 0 bridgehead atoms. The molecule has 0 spiro atoms. The summed E-state index contributed by atoms with van der Waals surface area (Å²) in [6, 6.07) is 0. The molecule has 1 saturated heterocycles. The molecule has 4 atom stereocenters. The molecule has 100 valence electrons. The van der Waals surface area contributed by atoms with Crippen LogP contribution in [0.25, 0.3) is 0 Å². The van der Waals surface area contributed by atoms with E-state index in [1.807, 2.05) is 0 Å². The van der Waals surface area contributed by atoms with E-state index >= 15 is 0 Å².